The molecule has 16 heavy (non-hydrogen) atoms. The lowest BCUT2D eigenvalue weighted by Crippen LogP contribution is -2.55. The summed E-state index contributed by atoms with van der Waals surface area (Å²) in [5.74, 6) is 0. The van der Waals surface area contributed by atoms with Gasteiger partial charge in [-0.25, -0.2) is 0 Å². The molecule has 1 aliphatic rings. The lowest BCUT2D eigenvalue weighted by Gasteiger charge is -2.39. The van der Waals surface area contributed by atoms with Crippen LogP contribution in [0, 0.1) is 0 Å². The standard InChI is InChI=1S/C12H22N4/c1-4-11-6-13-10(3)8-16(11)12-7-14-15(5-2)9-12/h7,9-11,13H,4-6,8H2,1-3H3. The van der Waals surface area contributed by atoms with Crippen molar-refractivity contribution < 1.29 is 0 Å². The molecule has 2 atom stereocenters. The summed E-state index contributed by atoms with van der Waals surface area (Å²) in [6.45, 7) is 9.71. The van der Waals surface area contributed by atoms with Gasteiger partial charge in [0.05, 0.1) is 11.9 Å². The summed E-state index contributed by atoms with van der Waals surface area (Å²) in [6, 6.07) is 1.17. The van der Waals surface area contributed by atoms with Gasteiger partial charge in [0, 0.05) is 37.9 Å². The molecule has 0 saturated carbocycles. The molecule has 0 radical (unpaired) electrons. The van der Waals surface area contributed by atoms with Crippen molar-refractivity contribution in [2.75, 3.05) is 18.0 Å². The zero-order valence-electron chi connectivity index (χ0n) is 10.5. The van der Waals surface area contributed by atoms with Crippen molar-refractivity contribution in [2.24, 2.45) is 0 Å². The third-order valence-corrected chi connectivity index (χ3v) is 3.36. The zero-order valence-corrected chi connectivity index (χ0v) is 10.5. The van der Waals surface area contributed by atoms with E-state index in [9.17, 15) is 0 Å². The van der Waals surface area contributed by atoms with E-state index >= 15 is 0 Å². The predicted octanol–water partition coefficient (Wildman–Crippen LogP) is 1.48. The summed E-state index contributed by atoms with van der Waals surface area (Å²) >= 11 is 0. The number of rotatable bonds is 3. The number of nitrogens with one attached hydrogen (secondary N) is 1. The van der Waals surface area contributed by atoms with E-state index in [1.807, 2.05) is 10.9 Å². The second kappa shape index (κ2) is 4.87. The Morgan fingerprint density at radius 1 is 1.50 bits per heavy atom. The quantitative estimate of drug-likeness (QED) is 0.841. The second-order valence-electron chi connectivity index (χ2n) is 4.58. The average molecular weight is 222 g/mol. The lowest BCUT2D eigenvalue weighted by molar-refractivity contribution is 0.402. The first kappa shape index (κ1) is 11.5. The molecule has 1 saturated heterocycles. The average Bonchev–Trinajstić information content (AvgIpc) is 2.77. The van der Waals surface area contributed by atoms with Gasteiger partial charge in [0.15, 0.2) is 0 Å². The number of piperazine rings is 1. The zero-order chi connectivity index (χ0) is 11.5. The van der Waals surface area contributed by atoms with E-state index in [0.717, 1.165) is 19.6 Å². The monoisotopic (exact) mass is 222 g/mol. The molecule has 0 aliphatic carbocycles. The van der Waals surface area contributed by atoms with Crippen molar-refractivity contribution in [3.8, 4) is 0 Å². The molecule has 1 aromatic rings. The van der Waals surface area contributed by atoms with Crippen molar-refractivity contribution in [3.63, 3.8) is 0 Å². The third-order valence-electron chi connectivity index (χ3n) is 3.36. The normalized spacial score (nSPS) is 26.1. The first-order chi connectivity index (χ1) is 7.74. The summed E-state index contributed by atoms with van der Waals surface area (Å²) in [5, 5.41) is 7.89. The van der Waals surface area contributed by atoms with E-state index in [0.29, 0.717) is 12.1 Å². The van der Waals surface area contributed by atoms with Crippen LogP contribution in [0.1, 0.15) is 27.2 Å². The van der Waals surface area contributed by atoms with Crippen LogP contribution in [0.25, 0.3) is 0 Å². The Balaban J connectivity index is 2.15. The first-order valence-corrected chi connectivity index (χ1v) is 6.27. The minimum absolute atomic E-state index is 0.563. The maximum atomic E-state index is 4.36. The Labute approximate surface area is 97.6 Å². The van der Waals surface area contributed by atoms with Gasteiger partial charge in [-0.15, -0.1) is 0 Å². The molecule has 0 spiro atoms. The lowest BCUT2D eigenvalue weighted by atomic mass is 10.1. The van der Waals surface area contributed by atoms with Crippen LogP contribution in [0.4, 0.5) is 5.69 Å². The number of hydrogen-bond acceptors (Lipinski definition) is 3. The summed E-state index contributed by atoms with van der Waals surface area (Å²) in [6.07, 6.45) is 5.32. The molecule has 2 unspecified atom stereocenters. The fraction of sp³-hybridized carbons (Fsp3) is 0.750. The molecule has 4 heteroatoms. The third kappa shape index (κ3) is 2.21. The molecule has 1 N–H and O–H groups in total. The highest BCUT2D eigenvalue weighted by Gasteiger charge is 2.25. The highest BCUT2D eigenvalue weighted by molar-refractivity contribution is 5.44. The Morgan fingerprint density at radius 3 is 2.94 bits per heavy atom. The molecule has 1 aromatic heterocycles. The van der Waals surface area contributed by atoms with Crippen LogP contribution in [-0.4, -0.2) is 35.0 Å². The number of anilines is 1. The Kier molecular flexibility index (Phi) is 3.49. The minimum atomic E-state index is 0.563. The maximum absolute atomic E-state index is 4.36. The predicted molar refractivity (Wildman–Crippen MR) is 66.8 cm³/mol. The maximum Gasteiger partial charge on any atom is 0.0755 e. The summed E-state index contributed by atoms with van der Waals surface area (Å²) in [4.78, 5) is 2.49. The Morgan fingerprint density at radius 2 is 2.31 bits per heavy atom. The van der Waals surface area contributed by atoms with Gasteiger partial charge < -0.3 is 10.2 Å². The Hall–Kier alpha value is -1.03. The van der Waals surface area contributed by atoms with Crippen molar-refractivity contribution in [1.82, 2.24) is 15.1 Å². The van der Waals surface area contributed by atoms with E-state index in [1.54, 1.807) is 0 Å². The van der Waals surface area contributed by atoms with Crippen molar-refractivity contribution in [3.05, 3.63) is 12.4 Å². The number of aryl methyl sites for hydroxylation is 1. The molecule has 2 rings (SSSR count). The van der Waals surface area contributed by atoms with Crippen molar-refractivity contribution in [2.45, 2.75) is 45.8 Å². The van der Waals surface area contributed by atoms with E-state index in [2.05, 4.69) is 42.3 Å². The molecule has 0 aromatic carbocycles. The van der Waals surface area contributed by atoms with Crippen LogP contribution >= 0.6 is 0 Å². The fourth-order valence-electron chi connectivity index (χ4n) is 2.31. The van der Waals surface area contributed by atoms with E-state index in [4.69, 9.17) is 0 Å². The summed E-state index contributed by atoms with van der Waals surface area (Å²) in [5.41, 5.74) is 1.27. The molecular weight excluding hydrogens is 200 g/mol. The van der Waals surface area contributed by atoms with Crippen LogP contribution in [0.15, 0.2) is 12.4 Å². The smallest absolute Gasteiger partial charge is 0.0755 e. The van der Waals surface area contributed by atoms with Gasteiger partial charge in [-0.3, -0.25) is 4.68 Å². The van der Waals surface area contributed by atoms with Gasteiger partial charge in [0.2, 0.25) is 0 Å². The SMILES string of the molecule is CCC1CNC(C)CN1c1cnn(CC)c1. The number of hydrogen-bond donors (Lipinski definition) is 1. The van der Waals surface area contributed by atoms with Gasteiger partial charge in [0.1, 0.15) is 0 Å². The highest BCUT2D eigenvalue weighted by Crippen LogP contribution is 2.20. The molecule has 2 heterocycles. The van der Waals surface area contributed by atoms with Crippen molar-refractivity contribution >= 4 is 5.69 Å². The molecule has 90 valence electrons. The van der Waals surface area contributed by atoms with Crippen LogP contribution in [-0.2, 0) is 6.54 Å². The van der Waals surface area contributed by atoms with Gasteiger partial charge in [0.25, 0.3) is 0 Å². The first-order valence-electron chi connectivity index (χ1n) is 6.27. The van der Waals surface area contributed by atoms with Crippen LogP contribution in [0.2, 0.25) is 0 Å². The summed E-state index contributed by atoms with van der Waals surface area (Å²) in [7, 11) is 0. The molecule has 0 amide bonds. The van der Waals surface area contributed by atoms with Crippen molar-refractivity contribution in [1.29, 1.82) is 0 Å². The molecule has 0 bridgehead atoms. The molecule has 1 fully saturated rings. The number of nitrogens with zero attached hydrogens (tertiary/aromatic N) is 3. The van der Waals surface area contributed by atoms with Gasteiger partial charge >= 0.3 is 0 Å². The van der Waals surface area contributed by atoms with Gasteiger partial charge in [-0.05, 0) is 20.3 Å². The van der Waals surface area contributed by atoms with E-state index in [-0.39, 0.29) is 0 Å². The second-order valence-corrected chi connectivity index (χ2v) is 4.58. The highest BCUT2D eigenvalue weighted by atomic mass is 15.3. The van der Waals surface area contributed by atoms with Crippen LogP contribution in [0.5, 0.6) is 0 Å². The number of aromatic nitrogens is 2. The largest absolute Gasteiger partial charge is 0.363 e. The van der Waals surface area contributed by atoms with Gasteiger partial charge in [-0.2, -0.15) is 5.10 Å². The molecule has 1 aliphatic heterocycles. The van der Waals surface area contributed by atoms with E-state index in [1.165, 1.54) is 12.1 Å². The van der Waals surface area contributed by atoms with Crippen LogP contribution in [0.3, 0.4) is 0 Å². The topological polar surface area (TPSA) is 33.1 Å². The summed E-state index contributed by atoms with van der Waals surface area (Å²) < 4.78 is 1.99. The minimum Gasteiger partial charge on any atom is -0.363 e. The van der Waals surface area contributed by atoms with Gasteiger partial charge in [-0.1, -0.05) is 6.92 Å². The molecular formula is C12H22N4. The Bertz CT molecular complexity index is 334. The van der Waals surface area contributed by atoms with E-state index < -0.39 is 0 Å². The molecule has 4 nitrogen and oxygen atoms in total. The fourth-order valence-corrected chi connectivity index (χ4v) is 2.31. The van der Waals surface area contributed by atoms with Crippen LogP contribution < -0.4 is 10.2 Å².